The Bertz CT molecular complexity index is 693. The van der Waals surface area contributed by atoms with Crippen molar-refractivity contribution in [2.45, 2.75) is 24.9 Å². The first-order chi connectivity index (χ1) is 10.7. The van der Waals surface area contributed by atoms with E-state index < -0.39 is 11.6 Å². The number of carbonyl (C=O) groups excluding carboxylic acids is 2. The van der Waals surface area contributed by atoms with Crippen molar-refractivity contribution in [2.24, 2.45) is 0 Å². The summed E-state index contributed by atoms with van der Waals surface area (Å²) in [7, 11) is 0. The Hall–Kier alpha value is -1.30. The molecule has 1 unspecified atom stereocenters. The van der Waals surface area contributed by atoms with Crippen LogP contribution in [0.4, 0.5) is 0 Å². The number of rotatable bonds is 0. The number of allylic oxidation sites excluding steroid dienone is 1. The minimum Gasteiger partial charge on any atom is -0.484 e. The van der Waals surface area contributed by atoms with Crippen LogP contribution in [0.1, 0.15) is 35.2 Å². The number of halogens is 1. The second kappa shape index (κ2) is 6.30. The summed E-state index contributed by atoms with van der Waals surface area (Å²) in [4.78, 5) is 25.1. The van der Waals surface area contributed by atoms with Gasteiger partial charge in [0.15, 0.2) is 0 Å². The molecule has 0 radical (unpaired) electrons. The van der Waals surface area contributed by atoms with E-state index >= 15 is 0 Å². The van der Waals surface area contributed by atoms with Gasteiger partial charge in [0.25, 0.3) is 0 Å². The largest absolute Gasteiger partial charge is 0.484 e. The van der Waals surface area contributed by atoms with Gasteiger partial charge in [-0.25, -0.2) is 0 Å². The van der Waals surface area contributed by atoms with Crippen molar-refractivity contribution in [3.8, 4) is 0 Å². The fourth-order valence-electron chi connectivity index (χ4n) is 3.36. The molecule has 1 saturated heterocycles. The predicted octanol–water partition coefficient (Wildman–Crippen LogP) is 2.82. The highest BCUT2D eigenvalue weighted by Crippen LogP contribution is 2.46. The van der Waals surface area contributed by atoms with Gasteiger partial charge in [-0.2, -0.15) is 0 Å². The van der Waals surface area contributed by atoms with Crippen molar-refractivity contribution in [3.63, 3.8) is 0 Å². The van der Waals surface area contributed by atoms with Crippen molar-refractivity contribution >= 4 is 41.5 Å². The van der Waals surface area contributed by atoms with Crippen molar-refractivity contribution < 1.29 is 14.3 Å². The maximum atomic E-state index is 12.3. The molecule has 0 saturated carbocycles. The quantitative estimate of drug-likeness (QED) is 0.728. The first-order valence-electron chi connectivity index (χ1n) is 7.65. The number of nitrogens with one attached hydrogen (secondary N) is 1. The number of hydrogen-bond donors (Lipinski definition) is 1. The first-order valence-corrected chi connectivity index (χ1v) is 8.64. The van der Waals surface area contributed by atoms with E-state index in [9.17, 15) is 9.59 Å². The fraction of sp³-hybridized carbons (Fsp3) is 0.412. The second-order valence-corrected chi connectivity index (χ2v) is 7.02. The summed E-state index contributed by atoms with van der Waals surface area (Å²) in [5, 5.41) is 3.40. The normalized spacial score (nSPS) is 26.8. The zero-order valence-electron chi connectivity index (χ0n) is 12.6. The molecule has 4 nitrogen and oxygen atoms in total. The molecule has 0 amide bonds. The third-order valence-electron chi connectivity index (χ3n) is 4.58. The van der Waals surface area contributed by atoms with Gasteiger partial charge >= 0.3 is 0 Å². The summed E-state index contributed by atoms with van der Waals surface area (Å²) in [5.41, 5.74) is 1.02. The molecule has 1 N–H and O–H groups in total. The van der Waals surface area contributed by atoms with Crippen LogP contribution in [0.25, 0.3) is 5.76 Å². The van der Waals surface area contributed by atoms with Crippen LogP contribution in [0.15, 0.2) is 29.2 Å². The minimum atomic E-state index is -0.416. The molecule has 6 heteroatoms. The smallest absolute Gasteiger partial charge is 0.243 e. The Kier molecular flexibility index (Phi) is 4.54. The SMILES string of the molecule is Cl.O=C1C(=O)c2ccccc2C2=C1SCC1(CCCNCC1)O2. The van der Waals surface area contributed by atoms with Gasteiger partial charge in [-0.15, -0.1) is 24.2 Å². The monoisotopic (exact) mass is 351 g/mol. The standard InChI is InChI=1S/C17H17NO3S.ClH/c19-13-11-4-1-2-5-12(11)15-16(14(13)20)22-10-17(21-15)6-3-8-18-9-7-17;/h1-2,4-5,18H,3,6-10H2;1H. The van der Waals surface area contributed by atoms with Crippen LogP contribution in [0, 0.1) is 0 Å². The molecule has 4 rings (SSSR count). The van der Waals surface area contributed by atoms with Gasteiger partial charge in [-0.1, -0.05) is 24.3 Å². The van der Waals surface area contributed by atoms with Crippen LogP contribution in [0.5, 0.6) is 0 Å². The van der Waals surface area contributed by atoms with E-state index in [0.717, 1.165) is 43.7 Å². The molecule has 2 aliphatic heterocycles. The number of ketones is 2. The Morgan fingerprint density at radius 3 is 2.65 bits per heavy atom. The van der Waals surface area contributed by atoms with Crippen LogP contribution in [0.3, 0.4) is 0 Å². The van der Waals surface area contributed by atoms with Crippen LogP contribution in [-0.4, -0.2) is 36.0 Å². The number of thioether (sulfide) groups is 1. The van der Waals surface area contributed by atoms with Gasteiger partial charge in [0.1, 0.15) is 16.3 Å². The molecule has 2 heterocycles. The highest BCUT2D eigenvalue weighted by atomic mass is 35.5. The molecule has 1 atom stereocenters. The molecule has 0 aromatic heterocycles. The number of benzene rings is 1. The van der Waals surface area contributed by atoms with Crippen LogP contribution in [0.2, 0.25) is 0 Å². The van der Waals surface area contributed by atoms with E-state index in [1.165, 1.54) is 11.8 Å². The van der Waals surface area contributed by atoms with E-state index in [0.29, 0.717) is 16.2 Å². The van der Waals surface area contributed by atoms with Gasteiger partial charge < -0.3 is 10.1 Å². The van der Waals surface area contributed by atoms with Crippen molar-refractivity contribution in [2.75, 3.05) is 18.8 Å². The molecule has 1 spiro atoms. The van der Waals surface area contributed by atoms with Crippen molar-refractivity contribution in [1.29, 1.82) is 0 Å². The van der Waals surface area contributed by atoms with Gasteiger partial charge in [0.05, 0.1) is 0 Å². The summed E-state index contributed by atoms with van der Waals surface area (Å²) < 4.78 is 6.39. The fourth-order valence-corrected chi connectivity index (χ4v) is 4.62. The third-order valence-corrected chi connectivity index (χ3v) is 5.91. The molecular formula is C17H18ClNO3S. The lowest BCUT2D eigenvalue weighted by atomic mass is 9.91. The highest BCUT2D eigenvalue weighted by molar-refractivity contribution is 8.04. The molecule has 1 aliphatic carbocycles. The third kappa shape index (κ3) is 2.71. The lowest BCUT2D eigenvalue weighted by Crippen LogP contribution is -2.41. The van der Waals surface area contributed by atoms with Crippen LogP contribution >= 0.6 is 24.2 Å². The van der Waals surface area contributed by atoms with Gasteiger partial charge in [0.2, 0.25) is 11.6 Å². The number of Topliss-reactive ketones (excluding diaryl/α,β-unsaturated/α-hetero) is 2. The highest BCUT2D eigenvalue weighted by Gasteiger charge is 2.44. The Balaban J connectivity index is 0.00000156. The number of hydrogen-bond acceptors (Lipinski definition) is 5. The van der Waals surface area contributed by atoms with Gasteiger partial charge in [-0.3, -0.25) is 9.59 Å². The van der Waals surface area contributed by atoms with Gasteiger partial charge in [-0.05, 0) is 25.9 Å². The average Bonchev–Trinajstić information content (AvgIpc) is 2.78. The molecule has 1 aromatic carbocycles. The van der Waals surface area contributed by atoms with E-state index in [4.69, 9.17) is 4.74 Å². The van der Waals surface area contributed by atoms with E-state index in [1.807, 2.05) is 12.1 Å². The second-order valence-electron chi connectivity index (χ2n) is 6.04. The number of fused-ring (bicyclic) bond motifs is 2. The Labute approximate surface area is 145 Å². The zero-order chi connectivity index (χ0) is 15.2. The molecule has 0 bridgehead atoms. The molecule has 3 aliphatic rings. The predicted molar refractivity (Wildman–Crippen MR) is 92.9 cm³/mol. The van der Waals surface area contributed by atoms with E-state index in [2.05, 4.69) is 5.32 Å². The zero-order valence-corrected chi connectivity index (χ0v) is 14.2. The first kappa shape index (κ1) is 16.6. The summed E-state index contributed by atoms with van der Waals surface area (Å²) in [5.74, 6) is 0.539. The van der Waals surface area contributed by atoms with Crippen molar-refractivity contribution in [3.05, 3.63) is 40.3 Å². The molecular weight excluding hydrogens is 334 g/mol. The maximum absolute atomic E-state index is 12.3. The summed E-state index contributed by atoms with van der Waals surface area (Å²) in [6.45, 7) is 1.94. The summed E-state index contributed by atoms with van der Waals surface area (Å²) >= 11 is 1.49. The topological polar surface area (TPSA) is 55.4 Å². The average molecular weight is 352 g/mol. The minimum absolute atomic E-state index is 0. The van der Waals surface area contributed by atoms with Crippen LogP contribution < -0.4 is 5.32 Å². The van der Waals surface area contributed by atoms with Gasteiger partial charge in [0, 0.05) is 23.3 Å². The lowest BCUT2D eigenvalue weighted by Gasteiger charge is -2.40. The Morgan fingerprint density at radius 2 is 1.83 bits per heavy atom. The molecule has 1 fully saturated rings. The molecule has 23 heavy (non-hydrogen) atoms. The maximum Gasteiger partial charge on any atom is 0.243 e. The summed E-state index contributed by atoms with van der Waals surface area (Å²) in [6.07, 6.45) is 2.98. The molecule has 122 valence electrons. The van der Waals surface area contributed by atoms with Crippen LogP contribution in [-0.2, 0) is 9.53 Å². The van der Waals surface area contributed by atoms with Crippen molar-refractivity contribution in [1.82, 2.24) is 5.32 Å². The Morgan fingerprint density at radius 1 is 1.04 bits per heavy atom. The van der Waals surface area contributed by atoms with E-state index in [-0.39, 0.29) is 18.0 Å². The lowest BCUT2D eigenvalue weighted by molar-refractivity contribution is -0.111. The number of ether oxygens (including phenoxy) is 1. The molecule has 1 aromatic rings. The van der Waals surface area contributed by atoms with E-state index in [1.54, 1.807) is 12.1 Å². The number of carbonyl (C=O) groups is 2. The summed E-state index contributed by atoms with van der Waals surface area (Å²) in [6, 6.07) is 7.26.